The first kappa shape index (κ1) is 24.8. The van der Waals surface area contributed by atoms with Gasteiger partial charge in [-0.2, -0.15) is 0 Å². The molecule has 1 saturated heterocycles. The number of amides is 2. The molecular weight excluding hydrogens is 444 g/mol. The zero-order valence-electron chi connectivity index (χ0n) is 20.6. The second-order valence-corrected chi connectivity index (χ2v) is 10.5. The van der Waals surface area contributed by atoms with Crippen molar-refractivity contribution in [1.29, 1.82) is 0 Å². The molecule has 1 aliphatic carbocycles. The molecule has 0 aromatic heterocycles. The zero-order valence-corrected chi connectivity index (χ0v) is 20.6. The van der Waals surface area contributed by atoms with Crippen LogP contribution in [-0.4, -0.2) is 53.2 Å². The van der Waals surface area contributed by atoms with E-state index in [1.807, 2.05) is 45.0 Å². The van der Waals surface area contributed by atoms with E-state index >= 15 is 0 Å². The van der Waals surface area contributed by atoms with Crippen LogP contribution in [0.2, 0.25) is 0 Å². The molecule has 7 nitrogen and oxygen atoms in total. The number of carboxylic acid groups (broad SMARTS) is 1. The zero-order chi connectivity index (χ0) is 25.2. The number of carboxylic acids is 1. The Morgan fingerprint density at radius 1 is 1.03 bits per heavy atom. The van der Waals surface area contributed by atoms with Gasteiger partial charge in [-0.05, 0) is 46.9 Å². The molecular formula is C28H34N2O5. The Morgan fingerprint density at radius 3 is 2.20 bits per heavy atom. The van der Waals surface area contributed by atoms with Gasteiger partial charge in [-0.3, -0.25) is 9.59 Å². The summed E-state index contributed by atoms with van der Waals surface area (Å²) in [5.74, 6) is -1.25. The Hall–Kier alpha value is -3.35. The lowest BCUT2D eigenvalue weighted by Crippen LogP contribution is -2.58. The largest absolute Gasteiger partial charge is 0.481 e. The number of carbonyl (C=O) groups is 3. The lowest BCUT2D eigenvalue weighted by atomic mass is 9.84. The predicted molar refractivity (Wildman–Crippen MR) is 133 cm³/mol. The normalized spacial score (nSPS) is 18.4. The van der Waals surface area contributed by atoms with Gasteiger partial charge in [-0.15, -0.1) is 0 Å². The molecule has 186 valence electrons. The number of fused-ring (bicyclic) bond motifs is 3. The molecule has 2 amide bonds. The van der Waals surface area contributed by atoms with Gasteiger partial charge >= 0.3 is 12.1 Å². The SMILES string of the molecule is CC(C)(C)C(NC(=O)OCC1c2ccccc2-c2ccccc21)C(=O)N1CCCCC1CC(=O)O. The number of rotatable bonds is 6. The lowest BCUT2D eigenvalue weighted by molar-refractivity contribution is -0.144. The fourth-order valence-electron chi connectivity index (χ4n) is 5.28. The minimum Gasteiger partial charge on any atom is -0.481 e. The van der Waals surface area contributed by atoms with Crippen molar-refractivity contribution in [1.82, 2.24) is 10.2 Å². The standard InChI is InChI=1S/C28H34N2O5/c1-28(2,3)25(26(33)30-15-9-8-10-18(30)16-24(31)32)29-27(34)35-17-23-21-13-6-4-11-19(21)20-12-5-7-14-22(20)23/h4-7,11-14,18,23,25H,8-10,15-17H2,1-3H3,(H,29,34)(H,31,32). The predicted octanol–water partition coefficient (Wildman–Crippen LogP) is 4.80. The maximum atomic E-state index is 13.5. The van der Waals surface area contributed by atoms with Crippen LogP contribution in [-0.2, 0) is 14.3 Å². The highest BCUT2D eigenvalue weighted by molar-refractivity contribution is 5.87. The van der Waals surface area contributed by atoms with Crippen LogP contribution < -0.4 is 5.32 Å². The van der Waals surface area contributed by atoms with Gasteiger partial charge in [0.15, 0.2) is 0 Å². The number of alkyl carbamates (subject to hydrolysis) is 1. The van der Waals surface area contributed by atoms with Crippen LogP contribution in [0.5, 0.6) is 0 Å². The second-order valence-electron chi connectivity index (χ2n) is 10.5. The van der Waals surface area contributed by atoms with Crippen LogP contribution in [0.1, 0.15) is 63.5 Å². The fourth-order valence-corrected chi connectivity index (χ4v) is 5.28. The van der Waals surface area contributed by atoms with Crippen molar-refractivity contribution in [3.8, 4) is 11.1 Å². The van der Waals surface area contributed by atoms with Crippen molar-refractivity contribution in [3.63, 3.8) is 0 Å². The van der Waals surface area contributed by atoms with E-state index in [9.17, 15) is 19.5 Å². The highest BCUT2D eigenvalue weighted by Crippen LogP contribution is 2.44. The molecule has 2 unspecified atom stereocenters. The molecule has 2 aliphatic rings. The molecule has 0 bridgehead atoms. The molecule has 0 radical (unpaired) electrons. The fraction of sp³-hybridized carbons (Fsp3) is 0.464. The summed E-state index contributed by atoms with van der Waals surface area (Å²) in [7, 11) is 0. The number of hydrogen-bond donors (Lipinski definition) is 2. The third-order valence-corrected chi connectivity index (χ3v) is 7.04. The van der Waals surface area contributed by atoms with E-state index in [2.05, 4.69) is 29.6 Å². The van der Waals surface area contributed by atoms with Crippen LogP contribution in [0.25, 0.3) is 11.1 Å². The van der Waals surface area contributed by atoms with E-state index in [0.717, 1.165) is 35.1 Å². The third-order valence-electron chi connectivity index (χ3n) is 7.04. The quantitative estimate of drug-likeness (QED) is 0.622. The van der Waals surface area contributed by atoms with Gasteiger partial charge in [-0.1, -0.05) is 69.3 Å². The van der Waals surface area contributed by atoms with E-state index in [-0.39, 0.29) is 30.9 Å². The topological polar surface area (TPSA) is 95.9 Å². The molecule has 1 aliphatic heterocycles. The van der Waals surface area contributed by atoms with E-state index in [1.54, 1.807) is 4.90 Å². The number of nitrogens with one attached hydrogen (secondary N) is 1. The van der Waals surface area contributed by atoms with Crippen LogP contribution in [0.4, 0.5) is 4.79 Å². The molecule has 2 aromatic carbocycles. The average molecular weight is 479 g/mol. The Morgan fingerprint density at radius 2 is 1.63 bits per heavy atom. The van der Waals surface area contributed by atoms with E-state index in [0.29, 0.717) is 13.0 Å². The molecule has 35 heavy (non-hydrogen) atoms. The Kier molecular flexibility index (Phi) is 7.15. The number of piperidine rings is 1. The van der Waals surface area contributed by atoms with Gasteiger partial charge < -0.3 is 20.1 Å². The molecule has 0 spiro atoms. The smallest absolute Gasteiger partial charge is 0.407 e. The first-order valence-electron chi connectivity index (χ1n) is 12.3. The van der Waals surface area contributed by atoms with Crippen LogP contribution in [0.3, 0.4) is 0 Å². The first-order valence-corrected chi connectivity index (χ1v) is 12.3. The monoisotopic (exact) mass is 478 g/mol. The van der Waals surface area contributed by atoms with Crippen LogP contribution in [0, 0.1) is 5.41 Å². The van der Waals surface area contributed by atoms with Crippen molar-refractivity contribution < 1.29 is 24.2 Å². The number of nitrogens with zero attached hydrogens (tertiary/aromatic N) is 1. The van der Waals surface area contributed by atoms with Gasteiger partial charge in [0.25, 0.3) is 0 Å². The van der Waals surface area contributed by atoms with Crippen molar-refractivity contribution in [2.24, 2.45) is 5.41 Å². The summed E-state index contributed by atoms with van der Waals surface area (Å²) in [4.78, 5) is 39.4. The summed E-state index contributed by atoms with van der Waals surface area (Å²) in [6.45, 7) is 6.31. The number of likely N-dealkylation sites (tertiary alicyclic amines) is 1. The summed E-state index contributed by atoms with van der Waals surface area (Å²) in [6.07, 6.45) is 1.63. The molecule has 2 aromatic rings. The molecule has 7 heteroatoms. The maximum Gasteiger partial charge on any atom is 0.407 e. The van der Waals surface area contributed by atoms with E-state index in [1.165, 1.54) is 0 Å². The number of carbonyl (C=O) groups excluding carboxylic acids is 2. The minimum atomic E-state index is -0.925. The summed E-state index contributed by atoms with van der Waals surface area (Å²) in [5, 5.41) is 12.1. The summed E-state index contributed by atoms with van der Waals surface area (Å²) in [5.41, 5.74) is 3.96. The number of hydrogen-bond acceptors (Lipinski definition) is 4. The highest BCUT2D eigenvalue weighted by atomic mass is 16.5. The number of benzene rings is 2. The molecule has 1 heterocycles. The molecule has 1 fully saturated rings. The van der Waals surface area contributed by atoms with Crippen molar-refractivity contribution in [2.45, 2.75) is 64.5 Å². The Bertz CT molecular complexity index is 1060. The van der Waals surface area contributed by atoms with Gasteiger partial charge in [0.2, 0.25) is 5.91 Å². The second kappa shape index (κ2) is 10.1. The minimum absolute atomic E-state index is 0.0704. The maximum absolute atomic E-state index is 13.5. The number of aliphatic carboxylic acids is 1. The van der Waals surface area contributed by atoms with Gasteiger partial charge in [-0.25, -0.2) is 4.79 Å². The van der Waals surface area contributed by atoms with Crippen LogP contribution >= 0.6 is 0 Å². The molecule has 2 atom stereocenters. The van der Waals surface area contributed by atoms with Crippen molar-refractivity contribution >= 4 is 18.0 Å². The summed E-state index contributed by atoms with van der Waals surface area (Å²) < 4.78 is 5.68. The van der Waals surface area contributed by atoms with Gasteiger partial charge in [0, 0.05) is 18.5 Å². The average Bonchev–Trinajstić information content (AvgIpc) is 3.14. The van der Waals surface area contributed by atoms with Gasteiger partial charge in [0.05, 0.1) is 6.42 Å². The van der Waals surface area contributed by atoms with Crippen LogP contribution in [0.15, 0.2) is 48.5 Å². The Labute approximate surface area is 206 Å². The number of ether oxygens (including phenoxy) is 1. The third kappa shape index (κ3) is 5.34. The Balaban J connectivity index is 1.46. The van der Waals surface area contributed by atoms with Crippen molar-refractivity contribution in [2.75, 3.05) is 13.2 Å². The first-order chi connectivity index (χ1) is 16.7. The van der Waals surface area contributed by atoms with Gasteiger partial charge in [0.1, 0.15) is 12.6 Å². The summed E-state index contributed by atoms with van der Waals surface area (Å²) in [6, 6.07) is 15.1. The lowest BCUT2D eigenvalue weighted by Gasteiger charge is -2.40. The molecule has 4 rings (SSSR count). The van der Waals surface area contributed by atoms with E-state index < -0.39 is 23.5 Å². The highest BCUT2D eigenvalue weighted by Gasteiger charge is 2.40. The van der Waals surface area contributed by atoms with Crippen molar-refractivity contribution in [3.05, 3.63) is 59.7 Å². The summed E-state index contributed by atoms with van der Waals surface area (Å²) >= 11 is 0. The van der Waals surface area contributed by atoms with E-state index in [4.69, 9.17) is 4.74 Å². The molecule has 2 N–H and O–H groups in total. The molecule has 0 saturated carbocycles.